The Morgan fingerprint density at radius 3 is 2.80 bits per heavy atom. The normalized spacial score (nSPS) is 16.3. The number of para-hydroxylation sites is 1. The summed E-state index contributed by atoms with van der Waals surface area (Å²) in [5, 5.41) is 14.1. The fourth-order valence-electron chi connectivity index (χ4n) is 2.97. The van der Waals surface area contributed by atoms with E-state index in [1.165, 1.54) is 17.8 Å². The Balaban J connectivity index is 1.47. The van der Waals surface area contributed by atoms with E-state index in [-0.39, 0.29) is 11.6 Å². The minimum absolute atomic E-state index is 0.0436. The topological polar surface area (TPSA) is 68.2 Å². The van der Waals surface area contributed by atoms with Crippen molar-refractivity contribution in [3.05, 3.63) is 59.9 Å². The number of carbonyl (C=O) groups is 1. The summed E-state index contributed by atoms with van der Waals surface area (Å²) < 4.78 is 13.5. The van der Waals surface area contributed by atoms with E-state index >= 15 is 0 Å². The Morgan fingerprint density at radius 2 is 2.08 bits per heavy atom. The Kier molecular flexibility index (Phi) is 5.14. The van der Waals surface area contributed by atoms with Crippen LogP contribution >= 0.6 is 0 Å². The lowest BCUT2D eigenvalue weighted by atomic mass is 10.1. The van der Waals surface area contributed by atoms with Crippen LogP contribution in [0.3, 0.4) is 0 Å². The summed E-state index contributed by atoms with van der Waals surface area (Å²) in [6.07, 6.45) is 1.01. The van der Waals surface area contributed by atoms with Gasteiger partial charge in [0.2, 0.25) is 0 Å². The van der Waals surface area contributed by atoms with E-state index in [1.54, 1.807) is 6.07 Å². The predicted octanol–water partition coefficient (Wildman–Crippen LogP) is 3.35. The van der Waals surface area contributed by atoms with Crippen molar-refractivity contribution in [1.29, 1.82) is 5.26 Å². The standard InChI is InChI=1S/C19H19FN4O/c20-18-10-16(7-6-15(18)11-21)23-19(25)22-12-14-8-9-24(13-14)17-4-2-1-3-5-17/h1-7,10,14H,8-9,12-13H2,(H2,22,23,25)/t14-/m1/s1. The van der Waals surface area contributed by atoms with Crippen LogP contribution in [0.25, 0.3) is 0 Å². The Bertz CT molecular complexity index is 788. The maximum Gasteiger partial charge on any atom is 0.319 e. The molecule has 1 atom stereocenters. The summed E-state index contributed by atoms with van der Waals surface area (Å²) in [5.41, 5.74) is 1.48. The average Bonchev–Trinajstić information content (AvgIpc) is 3.10. The maximum absolute atomic E-state index is 13.5. The number of halogens is 1. The van der Waals surface area contributed by atoms with Gasteiger partial charge in [0.05, 0.1) is 5.56 Å². The molecule has 1 aliphatic heterocycles. The van der Waals surface area contributed by atoms with Gasteiger partial charge in [0.15, 0.2) is 0 Å². The monoisotopic (exact) mass is 338 g/mol. The van der Waals surface area contributed by atoms with Crippen LogP contribution in [0.1, 0.15) is 12.0 Å². The Hall–Kier alpha value is -3.07. The third-order valence-electron chi connectivity index (χ3n) is 4.31. The molecule has 2 aromatic carbocycles. The van der Waals surface area contributed by atoms with Gasteiger partial charge in [-0.05, 0) is 42.7 Å². The molecule has 2 amide bonds. The number of urea groups is 1. The molecule has 0 aliphatic carbocycles. The van der Waals surface area contributed by atoms with E-state index in [9.17, 15) is 9.18 Å². The second-order valence-electron chi connectivity index (χ2n) is 6.08. The van der Waals surface area contributed by atoms with Crippen LogP contribution in [0.4, 0.5) is 20.6 Å². The zero-order valence-corrected chi connectivity index (χ0v) is 13.7. The highest BCUT2D eigenvalue weighted by molar-refractivity contribution is 5.89. The van der Waals surface area contributed by atoms with Crippen molar-refractivity contribution >= 4 is 17.4 Å². The maximum atomic E-state index is 13.5. The summed E-state index contributed by atoms with van der Waals surface area (Å²) in [6.45, 7) is 2.43. The van der Waals surface area contributed by atoms with E-state index in [2.05, 4.69) is 27.7 Å². The van der Waals surface area contributed by atoms with E-state index < -0.39 is 5.82 Å². The lowest BCUT2D eigenvalue weighted by molar-refractivity contribution is 0.250. The van der Waals surface area contributed by atoms with Gasteiger partial charge >= 0.3 is 6.03 Å². The Morgan fingerprint density at radius 1 is 1.28 bits per heavy atom. The van der Waals surface area contributed by atoms with E-state index in [0.717, 1.165) is 25.6 Å². The number of nitrogens with zero attached hydrogens (tertiary/aromatic N) is 2. The van der Waals surface area contributed by atoms with Gasteiger partial charge in [-0.2, -0.15) is 5.26 Å². The van der Waals surface area contributed by atoms with Gasteiger partial charge in [0.1, 0.15) is 11.9 Å². The number of benzene rings is 2. The number of carbonyl (C=O) groups excluding carboxylic acids is 1. The van der Waals surface area contributed by atoms with Crippen molar-refractivity contribution in [1.82, 2.24) is 5.32 Å². The molecule has 1 heterocycles. The van der Waals surface area contributed by atoms with Crippen molar-refractivity contribution in [3.63, 3.8) is 0 Å². The SMILES string of the molecule is N#Cc1ccc(NC(=O)NC[C@H]2CCN(c3ccccc3)C2)cc1F. The largest absolute Gasteiger partial charge is 0.371 e. The molecular formula is C19H19FN4O. The van der Waals surface area contributed by atoms with E-state index in [0.29, 0.717) is 18.2 Å². The number of hydrogen-bond donors (Lipinski definition) is 2. The predicted molar refractivity (Wildman–Crippen MR) is 94.9 cm³/mol. The highest BCUT2D eigenvalue weighted by Gasteiger charge is 2.22. The van der Waals surface area contributed by atoms with Gasteiger partial charge in [-0.15, -0.1) is 0 Å². The number of anilines is 2. The summed E-state index contributed by atoms with van der Waals surface area (Å²) in [5.74, 6) is -0.266. The van der Waals surface area contributed by atoms with Crippen LogP contribution in [0.15, 0.2) is 48.5 Å². The second-order valence-corrected chi connectivity index (χ2v) is 6.08. The molecule has 1 aliphatic rings. The Labute approximate surface area is 146 Å². The molecule has 0 saturated carbocycles. The van der Waals surface area contributed by atoms with Crippen LogP contribution < -0.4 is 15.5 Å². The number of amides is 2. The molecule has 1 fully saturated rings. The minimum atomic E-state index is -0.644. The molecule has 0 radical (unpaired) electrons. The molecule has 5 nitrogen and oxygen atoms in total. The number of nitriles is 1. The third-order valence-corrected chi connectivity index (χ3v) is 4.31. The van der Waals surface area contributed by atoms with E-state index in [4.69, 9.17) is 5.26 Å². The molecule has 2 aromatic rings. The fourth-order valence-corrected chi connectivity index (χ4v) is 2.97. The van der Waals surface area contributed by atoms with Gasteiger partial charge in [0, 0.05) is 31.0 Å². The van der Waals surface area contributed by atoms with Crippen LogP contribution in [-0.2, 0) is 0 Å². The summed E-state index contributed by atoms with van der Waals surface area (Å²) in [6, 6.07) is 15.6. The smallest absolute Gasteiger partial charge is 0.319 e. The quantitative estimate of drug-likeness (QED) is 0.898. The van der Waals surface area contributed by atoms with Crippen molar-refractivity contribution in [2.75, 3.05) is 29.9 Å². The van der Waals surface area contributed by atoms with Gasteiger partial charge in [0.25, 0.3) is 0 Å². The number of nitrogens with one attached hydrogen (secondary N) is 2. The fraction of sp³-hybridized carbons (Fsp3) is 0.263. The third kappa shape index (κ3) is 4.27. The number of rotatable bonds is 4. The molecule has 128 valence electrons. The van der Waals surface area contributed by atoms with Crippen LogP contribution in [-0.4, -0.2) is 25.7 Å². The first-order valence-electron chi connectivity index (χ1n) is 8.20. The molecule has 6 heteroatoms. The minimum Gasteiger partial charge on any atom is -0.371 e. The molecule has 0 unspecified atom stereocenters. The molecule has 0 bridgehead atoms. The first kappa shape index (κ1) is 16.8. The van der Waals surface area contributed by atoms with Gasteiger partial charge < -0.3 is 15.5 Å². The molecule has 1 saturated heterocycles. The summed E-state index contributed by atoms with van der Waals surface area (Å²) >= 11 is 0. The summed E-state index contributed by atoms with van der Waals surface area (Å²) in [4.78, 5) is 14.3. The zero-order chi connectivity index (χ0) is 17.6. The summed E-state index contributed by atoms with van der Waals surface area (Å²) in [7, 11) is 0. The van der Waals surface area contributed by atoms with Crippen molar-refractivity contribution in [2.24, 2.45) is 5.92 Å². The second kappa shape index (κ2) is 7.67. The lowest BCUT2D eigenvalue weighted by Gasteiger charge is -2.18. The molecule has 0 spiro atoms. The molecule has 3 rings (SSSR count). The first-order chi connectivity index (χ1) is 12.2. The number of hydrogen-bond acceptors (Lipinski definition) is 3. The lowest BCUT2D eigenvalue weighted by Crippen LogP contribution is -2.34. The van der Waals surface area contributed by atoms with Crippen molar-refractivity contribution < 1.29 is 9.18 Å². The molecular weight excluding hydrogens is 319 g/mol. The average molecular weight is 338 g/mol. The van der Waals surface area contributed by atoms with E-state index in [1.807, 2.05) is 18.2 Å². The molecule has 0 aromatic heterocycles. The van der Waals surface area contributed by atoms with Crippen LogP contribution in [0.2, 0.25) is 0 Å². The zero-order valence-electron chi connectivity index (χ0n) is 13.7. The molecule has 25 heavy (non-hydrogen) atoms. The first-order valence-corrected chi connectivity index (χ1v) is 8.20. The van der Waals surface area contributed by atoms with Gasteiger partial charge in [-0.25, -0.2) is 9.18 Å². The van der Waals surface area contributed by atoms with Crippen molar-refractivity contribution in [2.45, 2.75) is 6.42 Å². The van der Waals surface area contributed by atoms with Gasteiger partial charge in [-0.1, -0.05) is 18.2 Å². The van der Waals surface area contributed by atoms with Crippen molar-refractivity contribution in [3.8, 4) is 6.07 Å². The van der Waals surface area contributed by atoms with Gasteiger partial charge in [-0.3, -0.25) is 0 Å². The highest BCUT2D eigenvalue weighted by Crippen LogP contribution is 2.23. The van der Waals surface area contributed by atoms with Crippen LogP contribution in [0.5, 0.6) is 0 Å². The highest BCUT2D eigenvalue weighted by atomic mass is 19.1. The molecule has 2 N–H and O–H groups in total. The van der Waals surface area contributed by atoms with Crippen LogP contribution in [0, 0.1) is 23.1 Å².